The molecule has 1 saturated heterocycles. The van der Waals surface area contributed by atoms with Gasteiger partial charge in [0.1, 0.15) is 6.04 Å². The fourth-order valence-corrected chi connectivity index (χ4v) is 2.08. The van der Waals surface area contributed by atoms with Crippen LogP contribution < -0.4 is 16.0 Å². The minimum absolute atomic E-state index is 0.0872. The number of aryl methyl sites for hydroxylation is 1. The summed E-state index contributed by atoms with van der Waals surface area (Å²) in [5.41, 5.74) is 1.79. The molecule has 1 atom stereocenters. The molecule has 1 aromatic carbocycles. The van der Waals surface area contributed by atoms with Crippen LogP contribution in [0.1, 0.15) is 5.56 Å². The predicted octanol–water partition coefficient (Wildman–Crippen LogP) is 0.784. The highest BCUT2D eigenvalue weighted by molar-refractivity contribution is 9.10. The molecule has 0 radical (unpaired) electrons. The molecule has 1 unspecified atom stereocenters. The van der Waals surface area contributed by atoms with Crippen LogP contribution in [-0.2, 0) is 9.59 Å². The van der Waals surface area contributed by atoms with Gasteiger partial charge < -0.3 is 10.6 Å². The number of amides is 2. The van der Waals surface area contributed by atoms with Gasteiger partial charge in [-0.2, -0.15) is 0 Å². The number of benzene rings is 1. The molecule has 1 heterocycles. The molecule has 1 aromatic rings. The number of nitrogens with one attached hydrogen (secondary N) is 3. The fraction of sp³-hybridized carbons (Fsp3) is 0.333. The molecule has 0 saturated carbocycles. The number of rotatable bonds is 2. The van der Waals surface area contributed by atoms with Crippen molar-refractivity contribution in [1.82, 2.24) is 10.6 Å². The van der Waals surface area contributed by atoms with Crippen molar-refractivity contribution >= 4 is 33.4 Å². The van der Waals surface area contributed by atoms with Gasteiger partial charge in [0, 0.05) is 11.0 Å². The Bertz CT molecular complexity index is 480. The lowest BCUT2D eigenvalue weighted by atomic mass is 10.2. The summed E-state index contributed by atoms with van der Waals surface area (Å²) >= 11 is 3.44. The van der Waals surface area contributed by atoms with Gasteiger partial charge in [0.15, 0.2) is 0 Å². The monoisotopic (exact) mass is 311 g/mol. The van der Waals surface area contributed by atoms with E-state index in [9.17, 15) is 9.59 Å². The summed E-state index contributed by atoms with van der Waals surface area (Å²) in [5.74, 6) is -0.239. The van der Waals surface area contributed by atoms with E-state index in [-0.39, 0.29) is 18.4 Å². The second-order valence-corrected chi connectivity index (χ2v) is 4.96. The van der Waals surface area contributed by atoms with Crippen LogP contribution in [0.4, 0.5) is 5.69 Å². The van der Waals surface area contributed by atoms with E-state index in [1.807, 2.05) is 25.1 Å². The van der Waals surface area contributed by atoms with Crippen molar-refractivity contribution in [2.45, 2.75) is 13.0 Å². The fourth-order valence-electron chi connectivity index (χ4n) is 1.72. The van der Waals surface area contributed by atoms with Crippen molar-refractivity contribution in [3.8, 4) is 0 Å². The van der Waals surface area contributed by atoms with Crippen LogP contribution in [-0.4, -0.2) is 30.9 Å². The molecule has 1 fully saturated rings. The van der Waals surface area contributed by atoms with E-state index in [0.29, 0.717) is 6.54 Å². The quantitative estimate of drug-likeness (QED) is 0.756. The summed E-state index contributed by atoms with van der Waals surface area (Å²) in [5, 5.41) is 8.37. The summed E-state index contributed by atoms with van der Waals surface area (Å²) in [6.45, 7) is 2.44. The maximum Gasteiger partial charge on any atom is 0.243 e. The summed E-state index contributed by atoms with van der Waals surface area (Å²) in [6, 6.07) is 5.27. The lowest BCUT2D eigenvalue weighted by molar-refractivity contribution is -0.124. The Morgan fingerprint density at radius 3 is 2.94 bits per heavy atom. The average Bonchev–Trinajstić information content (AvgIpc) is 2.36. The molecule has 0 aromatic heterocycles. The van der Waals surface area contributed by atoms with E-state index in [1.54, 1.807) is 0 Å². The number of piperazine rings is 1. The van der Waals surface area contributed by atoms with Gasteiger partial charge in [0.2, 0.25) is 11.8 Å². The molecule has 3 N–H and O–H groups in total. The zero-order chi connectivity index (χ0) is 13.1. The first-order chi connectivity index (χ1) is 8.58. The topological polar surface area (TPSA) is 70.2 Å². The lowest BCUT2D eigenvalue weighted by Crippen LogP contribution is -2.56. The summed E-state index contributed by atoms with van der Waals surface area (Å²) in [6.07, 6.45) is 0. The molecule has 1 aliphatic heterocycles. The smallest absolute Gasteiger partial charge is 0.243 e. The minimum Gasteiger partial charge on any atom is -0.353 e. The highest BCUT2D eigenvalue weighted by atomic mass is 79.9. The Morgan fingerprint density at radius 2 is 2.28 bits per heavy atom. The maximum atomic E-state index is 12.0. The second-order valence-electron chi connectivity index (χ2n) is 4.16. The van der Waals surface area contributed by atoms with Gasteiger partial charge in [-0.1, -0.05) is 12.1 Å². The molecule has 6 heteroatoms. The Hall–Kier alpha value is -1.40. The van der Waals surface area contributed by atoms with Crippen molar-refractivity contribution in [3.05, 3.63) is 28.2 Å². The van der Waals surface area contributed by atoms with Crippen LogP contribution in [0, 0.1) is 6.92 Å². The van der Waals surface area contributed by atoms with Gasteiger partial charge in [-0.3, -0.25) is 14.9 Å². The van der Waals surface area contributed by atoms with E-state index >= 15 is 0 Å². The van der Waals surface area contributed by atoms with Crippen molar-refractivity contribution in [2.75, 3.05) is 18.4 Å². The van der Waals surface area contributed by atoms with E-state index in [0.717, 1.165) is 15.7 Å². The molecular formula is C12H14BrN3O2. The summed E-state index contributed by atoms with van der Waals surface area (Å²) in [4.78, 5) is 23.0. The Kier molecular flexibility index (Phi) is 3.98. The van der Waals surface area contributed by atoms with Crippen LogP contribution in [0.3, 0.4) is 0 Å². The zero-order valence-corrected chi connectivity index (χ0v) is 11.5. The highest BCUT2D eigenvalue weighted by Crippen LogP contribution is 2.25. The van der Waals surface area contributed by atoms with Crippen molar-refractivity contribution < 1.29 is 9.59 Å². The zero-order valence-electron chi connectivity index (χ0n) is 9.92. The molecule has 2 amide bonds. The van der Waals surface area contributed by atoms with Crippen LogP contribution in [0.25, 0.3) is 0 Å². The second kappa shape index (κ2) is 5.49. The number of carbonyl (C=O) groups is 2. The minimum atomic E-state index is -0.393. The first-order valence-corrected chi connectivity index (χ1v) is 6.43. The Morgan fingerprint density at radius 1 is 1.50 bits per heavy atom. The van der Waals surface area contributed by atoms with Gasteiger partial charge in [-0.25, -0.2) is 0 Å². The summed E-state index contributed by atoms with van der Waals surface area (Å²) in [7, 11) is 0. The van der Waals surface area contributed by atoms with Gasteiger partial charge in [-0.05, 0) is 34.5 Å². The average molecular weight is 312 g/mol. The molecule has 96 valence electrons. The van der Waals surface area contributed by atoms with Crippen molar-refractivity contribution in [2.24, 2.45) is 0 Å². The molecule has 1 aliphatic rings. The predicted molar refractivity (Wildman–Crippen MR) is 72.3 cm³/mol. The van der Waals surface area contributed by atoms with Crippen LogP contribution in [0.15, 0.2) is 22.7 Å². The molecule has 0 aliphatic carbocycles. The third kappa shape index (κ3) is 2.88. The number of carbonyl (C=O) groups excluding carboxylic acids is 2. The van der Waals surface area contributed by atoms with Crippen molar-refractivity contribution in [3.63, 3.8) is 0 Å². The molecule has 5 nitrogen and oxygen atoms in total. The van der Waals surface area contributed by atoms with E-state index in [4.69, 9.17) is 0 Å². The third-order valence-corrected chi connectivity index (χ3v) is 3.83. The first kappa shape index (κ1) is 13.0. The van der Waals surface area contributed by atoms with Gasteiger partial charge in [0.25, 0.3) is 0 Å². The highest BCUT2D eigenvalue weighted by Gasteiger charge is 2.24. The summed E-state index contributed by atoms with van der Waals surface area (Å²) < 4.78 is 0.873. The standard InChI is InChI=1S/C12H14BrN3O2/c1-7-3-2-4-8(11(7)13)16-12(18)9-5-15-10(17)6-14-9/h2-4,9,14H,5-6H2,1H3,(H,15,17)(H,16,18). The molecular weight excluding hydrogens is 298 g/mol. The van der Waals surface area contributed by atoms with E-state index < -0.39 is 6.04 Å². The first-order valence-electron chi connectivity index (χ1n) is 5.64. The Balaban J connectivity index is 2.03. The van der Waals surface area contributed by atoms with Crippen LogP contribution >= 0.6 is 15.9 Å². The molecule has 0 spiro atoms. The number of halogens is 1. The third-order valence-electron chi connectivity index (χ3n) is 2.78. The largest absolute Gasteiger partial charge is 0.353 e. The van der Waals surface area contributed by atoms with Crippen LogP contribution in [0.2, 0.25) is 0 Å². The van der Waals surface area contributed by atoms with Gasteiger partial charge >= 0.3 is 0 Å². The molecule has 2 rings (SSSR count). The molecule has 0 bridgehead atoms. The van der Waals surface area contributed by atoms with Gasteiger partial charge in [0.05, 0.1) is 12.2 Å². The van der Waals surface area contributed by atoms with E-state index in [2.05, 4.69) is 31.9 Å². The van der Waals surface area contributed by atoms with Gasteiger partial charge in [-0.15, -0.1) is 0 Å². The molecule has 18 heavy (non-hydrogen) atoms. The Labute approximate surface area is 113 Å². The number of hydrogen-bond donors (Lipinski definition) is 3. The SMILES string of the molecule is Cc1cccc(NC(=O)C2CNC(=O)CN2)c1Br. The van der Waals surface area contributed by atoms with E-state index in [1.165, 1.54) is 0 Å². The maximum absolute atomic E-state index is 12.0. The number of anilines is 1. The number of hydrogen-bond acceptors (Lipinski definition) is 3. The normalized spacial score (nSPS) is 19.2. The van der Waals surface area contributed by atoms with Crippen LogP contribution in [0.5, 0.6) is 0 Å². The van der Waals surface area contributed by atoms with Crippen molar-refractivity contribution in [1.29, 1.82) is 0 Å². The lowest BCUT2D eigenvalue weighted by Gasteiger charge is -2.23.